The second-order valence-electron chi connectivity index (χ2n) is 4.69. The molecule has 0 atom stereocenters. The summed E-state index contributed by atoms with van der Waals surface area (Å²) in [5.74, 6) is -1.02. The number of hydrogen-bond acceptors (Lipinski definition) is 3. The maximum absolute atomic E-state index is 12.3. The van der Waals surface area contributed by atoms with Gasteiger partial charge in [0.2, 0.25) is 5.91 Å². The summed E-state index contributed by atoms with van der Waals surface area (Å²) >= 11 is 0. The van der Waals surface area contributed by atoms with E-state index in [1.807, 2.05) is 6.92 Å². The van der Waals surface area contributed by atoms with Crippen LogP contribution in [0.4, 0.5) is 0 Å². The highest BCUT2D eigenvalue weighted by atomic mass is 16.5. The molecule has 1 amide bonds. The molecule has 0 spiro atoms. The van der Waals surface area contributed by atoms with Crippen LogP contribution in [0.25, 0.3) is 0 Å². The van der Waals surface area contributed by atoms with Gasteiger partial charge in [-0.1, -0.05) is 13.3 Å². The number of methoxy groups -OCH3 is 1. The van der Waals surface area contributed by atoms with Gasteiger partial charge in [-0.2, -0.15) is 0 Å². The molecule has 1 N–H and O–H groups in total. The summed E-state index contributed by atoms with van der Waals surface area (Å²) in [4.78, 5) is 24.5. The molecule has 1 saturated carbocycles. The Morgan fingerprint density at radius 2 is 2.06 bits per heavy atom. The number of nitrogens with zero attached hydrogens (tertiary/aromatic N) is 1. The lowest BCUT2D eigenvalue weighted by Crippen LogP contribution is -2.51. The third kappa shape index (κ3) is 3.19. The van der Waals surface area contributed by atoms with E-state index in [2.05, 4.69) is 0 Å². The molecule has 98 valence electrons. The molecule has 0 aromatic carbocycles. The average Bonchev–Trinajstić information content (AvgIpc) is 2.21. The number of carboxylic acid groups (broad SMARTS) is 1. The third-order valence-electron chi connectivity index (χ3n) is 3.29. The molecule has 1 fully saturated rings. The summed E-state index contributed by atoms with van der Waals surface area (Å²) in [6.45, 7) is 2.62. The van der Waals surface area contributed by atoms with Crippen LogP contribution in [0.15, 0.2) is 0 Å². The minimum Gasteiger partial charge on any atom is -0.480 e. The number of carboxylic acids is 1. The summed E-state index contributed by atoms with van der Waals surface area (Å²) < 4.78 is 5.11. The van der Waals surface area contributed by atoms with Crippen LogP contribution < -0.4 is 0 Å². The normalized spacial score (nSPS) is 17.3. The number of aliphatic carboxylic acids is 1. The maximum Gasteiger partial charge on any atom is 0.323 e. The van der Waals surface area contributed by atoms with Gasteiger partial charge in [0.15, 0.2) is 0 Å². The second-order valence-corrected chi connectivity index (χ2v) is 4.69. The van der Waals surface area contributed by atoms with Gasteiger partial charge in [-0.15, -0.1) is 0 Å². The Bertz CT molecular complexity index is 286. The van der Waals surface area contributed by atoms with Crippen molar-refractivity contribution in [1.29, 1.82) is 0 Å². The first-order chi connectivity index (χ1) is 8.05. The monoisotopic (exact) mass is 243 g/mol. The lowest BCUT2D eigenvalue weighted by molar-refractivity contribution is -0.157. The summed E-state index contributed by atoms with van der Waals surface area (Å²) in [6, 6.07) is 0. The second kappa shape index (κ2) is 6.00. The van der Waals surface area contributed by atoms with Crippen LogP contribution in [-0.4, -0.2) is 48.7 Å². The molecule has 5 nitrogen and oxygen atoms in total. The number of amides is 1. The number of carbonyl (C=O) groups is 2. The lowest BCUT2D eigenvalue weighted by Gasteiger charge is -2.42. The fraction of sp³-hybridized carbons (Fsp3) is 0.833. The Hall–Kier alpha value is -1.10. The van der Waals surface area contributed by atoms with Crippen molar-refractivity contribution in [3.8, 4) is 0 Å². The molecule has 17 heavy (non-hydrogen) atoms. The molecule has 1 aliphatic rings. The molecule has 0 saturated heterocycles. The van der Waals surface area contributed by atoms with Crippen LogP contribution >= 0.6 is 0 Å². The van der Waals surface area contributed by atoms with Crippen molar-refractivity contribution in [1.82, 2.24) is 4.90 Å². The Balaban J connectivity index is 2.71. The summed E-state index contributed by atoms with van der Waals surface area (Å²) in [5.41, 5.74) is -0.459. The highest BCUT2D eigenvalue weighted by Gasteiger charge is 2.46. The molecule has 0 aliphatic heterocycles. The number of ether oxygens (including phenoxy) is 1. The van der Waals surface area contributed by atoms with Crippen LogP contribution in [0.2, 0.25) is 0 Å². The zero-order valence-corrected chi connectivity index (χ0v) is 10.6. The molecule has 0 bridgehead atoms. The molecule has 0 unspecified atom stereocenters. The SMILES string of the molecule is CCCN(CC(=O)O)C(=O)C1(COC)CCC1. The van der Waals surface area contributed by atoms with Gasteiger partial charge in [0.05, 0.1) is 12.0 Å². The van der Waals surface area contributed by atoms with Gasteiger partial charge in [0, 0.05) is 13.7 Å². The minimum atomic E-state index is -0.960. The number of rotatable bonds is 7. The van der Waals surface area contributed by atoms with E-state index in [-0.39, 0.29) is 12.5 Å². The molecule has 5 heteroatoms. The molecule has 1 rings (SSSR count). The van der Waals surface area contributed by atoms with Crippen molar-refractivity contribution < 1.29 is 19.4 Å². The van der Waals surface area contributed by atoms with Gasteiger partial charge in [-0.3, -0.25) is 9.59 Å². The van der Waals surface area contributed by atoms with Crippen molar-refractivity contribution in [2.45, 2.75) is 32.6 Å². The van der Waals surface area contributed by atoms with E-state index in [0.29, 0.717) is 13.2 Å². The summed E-state index contributed by atoms with van der Waals surface area (Å²) in [7, 11) is 1.58. The van der Waals surface area contributed by atoms with E-state index in [1.54, 1.807) is 7.11 Å². The molecule has 0 radical (unpaired) electrons. The first kappa shape index (κ1) is 14.0. The van der Waals surface area contributed by atoms with Gasteiger partial charge < -0.3 is 14.7 Å². The highest BCUT2D eigenvalue weighted by molar-refractivity contribution is 5.86. The Morgan fingerprint density at radius 3 is 2.41 bits per heavy atom. The smallest absolute Gasteiger partial charge is 0.323 e. The predicted octanol–water partition coefficient (Wildman–Crippen LogP) is 1.13. The number of hydrogen-bond donors (Lipinski definition) is 1. The van der Waals surface area contributed by atoms with Crippen LogP contribution in [0.3, 0.4) is 0 Å². The maximum atomic E-state index is 12.3. The van der Waals surface area contributed by atoms with E-state index in [1.165, 1.54) is 4.90 Å². The Labute approximate surface area is 102 Å². The third-order valence-corrected chi connectivity index (χ3v) is 3.29. The minimum absolute atomic E-state index is 0.0603. The number of carbonyl (C=O) groups excluding carboxylic acids is 1. The van der Waals surface area contributed by atoms with Crippen molar-refractivity contribution in [2.24, 2.45) is 5.41 Å². The van der Waals surface area contributed by atoms with E-state index >= 15 is 0 Å². The fourth-order valence-corrected chi connectivity index (χ4v) is 2.32. The molecular weight excluding hydrogens is 222 g/mol. The summed E-state index contributed by atoms with van der Waals surface area (Å²) in [5, 5.41) is 8.82. The fourth-order valence-electron chi connectivity index (χ4n) is 2.32. The molecule has 1 aliphatic carbocycles. The average molecular weight is 243 g/mol. The van der Waals surface area contributed by atoms with E-state index in [9.17, 15) is 9.59 Å². The van der Waals surface area contributed by atoms with Gasteiger partial charge in [0.1, 0.15) is 6.54 Å². The Morgan fingerprint density at radius 1 is 1.41 bits per heavy atom. The molecule has 0 aromatic rings. The first-order valence-corrected chi connectivity index (χ1v) is 6.06. The van der Waals surface area contributed by atoms with Crippen LogP contribution in [0.5, 0.6) is 0 Å². The van der Waals surface area contributed by atoms with E-state index < -0.39 is 11.4 Å². The van der Waals surface area contributed by atoms with Crippen molar-refractivity contribution in [3.05, 3.63) is 0 Å². The van der Waals surface area contributed by atoms with Crippen LogP contribution in [-0.2, 0) is 14.3 Å². The van der Waals surface area contributed by atoms with Crippen LogP contribution in [0, 0.1) is 5.41 Å². The quantitative estimate of drug-likeness (QED) is 0.727. The topological polar surface area (TPSA) is 66.8 Å². The first-order valence-electron chi connectivity index (χ1n) is 6.06. The van der Waals surface area contributed by atoms with Crippen LogP contribution in [0.1, 0.15) is 32.6 Å². The largest absolute Gasteiger partial charge is 0.480 e. The molecule has 0 aromatic heterocycles. The predicted molar refractivity (Wildman–Crippen MR) is 62.7 cm³/mol. The van der Waals surface area contributed by atoms with Gasteiger partial charge in [0.25, 0.3) is 0 Å². The zero-order valence-electron chi connectivity index (χ0n) is 10.6. The van der Waals surface area contributed by atoms with E-state index in [0.717, 1.165) is 25.7 Å². The zero-order chi connectivity index (χ0) is 12.9. The Kier molecular flexibility index (Phi) is 4.93. The van der Waals surface area contributed by atoms with Crippen molar-refractivity contribution in [2.75, 3.05) is 26.8 Å². The lowest BCUT2D eigenvalue weighted by atomic mass is 9.68. The van der Waals surface area contributed by atoms with Gasteiger partial charge >= 0.3 is 5.97 Å². The summed E-state index contributed by atoms with van der Waals surface area (Å²) in [6.07, 6.45) is 3.39. The molecule has 0 heterocycles. The van der Waals surface area contributed by atoms with E-state index in [4.69, 9.17) is 9.84 Å². The van der Waals surface area contributed by atoms with Gasteiger partial charge in [-0.25, -0.2) is 0 Å². The highest BCUT2D eigenvalue weighted by Crippen LogP contribution is 2.42. The van der Waals surface area contributed by atoms with Crippen molar-refractivity contribution in [3.63, 3.8) is 0 Å². The van der Waals surface area contributed by atoms with Gasteiger partial charge in [-0.05, 0) is 19.3 Å². The molecular formula is C12H21NO4. The standard InChI is InChI=1S/C12H21NO4/c1-3-7-13(8-10(14)15)11(16)12(9-17-2)5-4-6-12/h3-9H2,1-2H3,(H,14,15). The van der Waals surface area contributed by atoms with Crippen molar-refractivity contribution >= 4 is 11.9 Å².